The van der Waals surface area contributed by atoms with Crippen LogP contribution in [0, 0.1) is 22.9 Å². The van der Waals surface area contributed by atoms with Gasteiger partial charge >= 0.3 is 0 Å². The molecule has 130 valence electrons. The fraction of sp³-hybridized carbons (Fsp3) is 0.278. The minimum atomic E-state index is -0.547. The summed E-state index contributed by atoms with van der Waals surface area (Å²) >= 11 is 0. The zero-order chi connectivity index (χ0) is 18.0. The van der Waals surface area contributed by atoms with E-state index in [0.717, 1.165) is 24.0 Å². The van der Waals surface area contributed by atoms with Crippen LogP contribution in [-0.2, 0) is 11.2 Å². The van der Waals surface area contributed by atoms with E-state index in [1.54, 1.807) is 11.0 Å². The SMILES string of the molecule is Cc1cc(F)c2c(c1)CCCN2CC(=O)Nc1ccccc1[N+](=O)[O-]. The first-order valence-corrected chi connectivity index (χ1v) is 8.03. The number of nitrogens with zero attached hydrogens (tertiary/aromatic N) is 2. The molecule has 1 amide bonds. The Labute approximate surface area is 144 Å². The molecule has 1 N–H and O–H groups in total. The largest absolute Gasteiger partial charge is 0.360 e. The van der Waals surface area contributed by atoms with Gasteiger partial charge in [0, 0.05) is 12.6 Å². The third-order valence-corrected chi connectivity index (χ3v) is 4.19. The molecule has 7 heteroatoms. The third kappa shape index (κ3) is 3.60. The van der Waals surface area contributed by atoms with Gasteiger partial charge in [-0.1, -0.05) is 18.2 Å². The van der Waals surface area contributed by atoms with Crippen molar-refractivity contribution in [3.8, 4) is 0 Å². The van der Waals surface area contributed by atoms with Crippen molar-refractivity contribution < 1.29 is 14.1 Å². The molecule has 0 saturated heterocycles. The van der Waals surface area contributed by atoms with Gasteiger partial charge in [-0.15, -0.1) is 0 Å². The summed E-state index contributed by atoms with van der Waals surface area (Å²) < 4.78 is 14.4. The molecule has 1 aliphatic heterocycles. The van der Waals surface area contributed by atoms with Gasteiger partial charge in [-0.25, -0.2) is 4.39 Å². The second-order valence-corrected chi connectivity index (χ2v) is 6.10. The van der Waals surface area contributed by atoms with Gasteiger partial charge in [0.15, 0.2) is 0 Å². The Kier molecular flexibility index (Phi) is 4.65. The summed E-state index contributed by atoms with van der Waals surface area (Å²) in [6.45, 7) is 2.35. The molecule has 0 fully saturated rings. The normalized spacial score (nSPS) is 13.3. The molecule has 1 heterocycles. The molecule has 0 radical (unpaired) electrons. The second-order valence-electron chi connectivity index (χ2n) is 6.10. The standard InChI is InChI=1S/C18H18FN3O3/c1-12-9-13-5-4-8-21(18(13)14(19)10-12)11-17(23)20-15-6-2-3-7-16(15)22(24)25/h2-3,6-7,9-10H,4-5,8,11H2,1H3,(H,20,23). The van der Waals surface area contributed by atoms with Crippen molar-refractivity contribution in [1.82, 2.24) is 0 Å². The highest BCUT2D eigenvalue weighted by molar-refractivity contribution is 5.96. The van der Waals surface area contributed by atoms with Crippen molar-refractivity contribution in [2.45, 2.75) is 19.8 Å². The lowest BCUT2D eigenvalue weighted by Crippen LogP contribution is -2.37. The first-order valence-electron chi connectivity index (χ1n) is 8.03. The van der Waals surface area contributed by atoms with Crippen LogP contribution in [0.1, 0.15) is 17.5 Å². The van der Waals surface area contributed by atoms with Crippen molar-refractivity contribution in [2.75, 3.05) is 23.3 Å². The molecular formula is C18H18FN3O3. The lowest BCUT2D eigenvalue weighted by atomic mass is 9.99. The van der Waals surface area contributed by atoms with E-state index in [9.17, 15) is 19.3 Å². The number of nitro groups is 1. The number of anilines is 2. The van der Waals surface area contributed by atoms with Gasteiger partial charge in [0.05, 0.1) is 17.2 Å². The maximum atomic E-state index is 14.4. The number of carbonyl (C=O) groups excluding carboxylic acids is 1. The fourth-order valence-electron chi connectivity index (χ4n) is 3.18. The van der Waals surface area contributed by atoms with Gasteiger partial charge in [0.25, 0.3) is 5.69 Å². The summed E-state index contributed by atoms with van der Waals surface area (Å²) in [5, 5.41) is 13.6. The monoisotopic (exact) mass is 343 g/mol. The van der Waals surface area contributed by atoms with Crippen molar-refractivity contribution in [3.63, 3.8) is 0 Å². The molecule has 25 heavy (non-hydrogen) atoms. The Hall–Kier alpha value is -2.96. The molecule has 0 unspecified atom stereocenters. The first-order chi connectivity index (χ1) is 12.0. The smallest absolute Gasteiger partial charge is 0.292 e. The highest BCUT2D eigenvalue weighted by Gasteiger charge is 2.24. The van der Waals surface area contributed by atoms with Crippen LogP contribution in [-0.4, -0.2) is 23.9 Å². The van der Waals surface area contributed by atoms with E-state index in [-0.39, 0.29) is 23.7 Å². The number of fused-ring (bicyclic) bond motifs is 1. The van der Waals surface area contributed by atoms with E-state index < -0.39 is 10.8 Å². The fourth-order valence-corrected chi connectivity index (χ4v) is 3.18. The van der Waals surface area contributed by atoms with E-state index >= 15 is 0 Å². The Morgan fingerprint density at radius 3 is 2.88 bits per heavy atom. The molecule has 0 bridgehead atoms. The number of nitrogens with one attached hydrogen (secondary N) is 1. The molecule has 0 spiro atoms. The molecule has 0 atom stereocenters. The van der Waals surface area contributed by atoms with Crippen LogP contribution in [0.25, 0.3) is 0 Å². The van der Waals surface area contributed by atoms with Gasteiger partial charge < -0.3 is 10.2 Å². The van der Waals surface area contributed by atoms with E-state index in [2.05, 4.69) is 5.32 Å². The topological polar surface area (TPSA) is 75.5 Å². The summed E-state index contributed by atoms with van der Waals surface area (Å²) in [7, 11) is 0. The lowest BCUT2D eigenvalue weighted by molar-refractivity contribution is -0.383. The van der Waals surface area contributed by atoms with Crippen molar-refractivity contribution in [3.05, 3.63) is 63.5 Å². The zero-order valence-electron chi connectivity index (χ0n) is 13.8. The zero-order valence-corrected chi connectivity index (χ0v) is 13.8. The summed E-state index contributed by atoms with van der Waals surface area (Å²) in [6, 6.07) is 9.34. The molecule has 3 rings (SSSR count). The molecular weight excluding hydrogens is 325 g/mol. The molecule has 1 aliphatic rings. The van der Waals surface area contributed by atoms with Crippen LogP contribution < -0.4 is 10.2 Å². The quantitative estimate of drug-likeness (QED) is 0.682. The average molecular weight is 343 g/mol. The maximum Gasteiger partial charge on any atom is 0.292 e. The number of halogens is 1. The van der Waals surface area contributed by atoms with Crippen LogP contribution in [0.3, 0.4) is 0 Å². The van der Waals surface area contributed by atoms with E-state index in [4.69, 9.17) is 0 Å². The Bertz CT molecular complexity index is 838. The average Bonchev–Trinajstić information content (AvgIpc) is 2.54. The Morgan fingerprint density at radius 2 is 2.12 bits per heavy atom. The lowest BCUT2D eigenvalue weighted by Gasteiger charge is -2.31. The number of hydrogen-bond acceptors (Lipinski definition) is 4. The predicted molar refractivity (Wildman–Crippen MR) is 93.4 cm³/mol. The number of rotatable bonds is 4. The number of aryl methyl sites for hydroxylation is 2. The highest BCUT2D eigenvalue weighted by atomic mass is 19.1. The summed E-state index contributed by atoms with van der Waals surface area (Å²) in [5.41, 5.74) is 2.16. The number of para-hydroxylation sites is 2. The second kappa shape index (κ2) is 6.88. The highest BCUT2D eigenvalue weighted by Crippen LogP contribution is 2.31. The van der Waals surface area contributed by atoms with Gasteiger partial charge in [-0.2, -0.15) is 0 Å². The first kappa shape index (κ1) is 16.9. The Morgan fingerprint density at radius 1 is 1.36 bits per heavy atom. The maximum absolute atomic E-state index is 14.4. The van der Waals surface area contributed by atoms with Crippen LogP contribution in [0.5, 0.6) is 0 Å². The van der Waals surface area contributed by atoms with Crippen molar-refractivity contribution in [2.24, 2.45) is 0 Å². The number of nitro benzene ring substituents is 1. The van der Waals surface area contributed by atoms with Crippen LogP contribution >= 0.6 is 0 Å². The minimum Gasteiger partial charge on any atom is -0.360 e. The summed E-state index contributed by atoms with van der Waals surface area (Å²) in [6.07, 6.45) is 1.60. The van der Waals surface area contributed by atoms with Gasteiger partial charge in [-0.3, -0.25) is 14.9 Å². The summed E-state index contributed by atoms with van der Waals surface area (Å²) in [5.74, 6) is -0.754. The molecule has 6 nitrogen and oxygen atoms in total. The van der Waals surface area contributed by atoms with Crippen LogP contribution in [0.2, 0.25) is 0 Å². The Balaban J connectivity index is 1.79. The number of hydrogen-bond donors (Lipinski definition) is 1. The van der Waals surface area contributed by atoms with E-state index in [0.29, 0.717) is 12.2 Å². The van der Waals surface area contributed by atoms with Crippen molar-refractivity contribution >= 4 is 23.0 Å². The number of amides is 1. The molecule has 2 aromatic rings. The van der Waals surface area contributed by atoms with E-state index in [1.165, 1.54) is 24.3 Å². The van der Waals surface area contributed by atoms with Gasteiger partial charge in [-0.05, 0) is 43.0 Å². The van der Waals surface area contributed by atoms with E-state index in [1.807, 2.05) is 13.0 Å². The predicted octanol–water partition coefficient (Wildman–Crippen LogP) is 3.43. The minimum absolute atomic E-state index is 0.0565. The molecule has 0 aromatic heterocycles. The van der Waals surface area contributed by atoms with Crippen molar-refractivity contribution in [1.29, 1.82) is 0 Å². The molecule has 0 saturated carbocycles. The molecule has 0 aliphatic carbocycles. The van der Waals surface area contributed by atoms with Crippen LogP contribution in [0.4, 0.5) is 21.5 Å². The summed E-state index contributed by atoms with van der Waals surface area (Å²) in [4.78, 5) is 24.5. The van der Waals surface area contributed by atoms with Gasteiger partial charge in [0.2, 0.25) is 5.91 Å². The molecule has 2 aromatic carbocycles. The third-order valence-electron chi connectivity index (χ3n) is 4.19. The van der Waals surface area contributed by atoms with Gasteiger partial charge in [0.1, 0.15) is 11.5 Å². The number of benzene rings is 2. The van der Waals surface area contributed by atoms with Crippen LogP contribution in [0.15, 0.2) is 36.4 Å². The number of carbonyl (C=O) groups is 1.